The molecule has 0 radical (unpaired) electrons. The van der Waals surface area contributed by atoms with Gasteiger partial charge >= 0.3 is 18.0 Å². The molecule has 0 spiro atoms. The summed E-state index contributed by atoms with van der Waals surface area (Å²) in [5, 5.41) is 0. The molecule has 1 saturated heterocycles. The van der Waals surface area contributed by atoms with Gasteiger partial charge in [-0.1, -0.05) is 42.5 Å². The van der Waals surface area contributed by atoms with E-state index in [-0.39, 0.29) is 13.2 Å². The van der Waals surface area contributed by atoms with Crippen molar-refractivity contribution in [2.75, 3.05) is 13.7 Å². The van der Waals surface area contributed by atoms with Crippen LogP contribution in [0.3, 0.4) is 0 Å². The van der Waals surface area contributed by atoms with Crippen molar-refractivity contribution < 1.29 is 33.3 Å². The lowest BCUT2D eigenvalue weighted by atomic mass is 10.0. The molecule has 1 fully saturated rings. The zero-order chi connectivity index (χ0) is 23.1. The van der Waals surface area contributed by atoms with Crippen molar-refractivity contribution in [2.45, 2.75) is 45.1 Å². The molecule has 1 aliphatic heterocycles. The van der Waals surface area contributed by atoms with Crippen molar-refractivity contribution in [3.05, 3.63) is 65.7 Å². The highest BCUT2D eigenvalue weighted by Gasteiger charge is 2.48. The topological polar surface area (TPSA) is 91.4 Å². The van der Waals surface area contributed by atoms with Gasteiger partial charge in [0.05, 0.1) is 19.7 Å². The number of benzene rings is 2. The number of ether oxygens (including phenoxy) is 4. The lowest BCUT2D eigenvalue weighted by molar-refractivity contribution is -0.162. The van der Waals surface area contributed by atoms with Crippen molar-refractivity contribution >= 4 is 18.0 Å². The molecular weight excluding hydrogens is 414 g/mol. The Bertz CT molecular complexity index is 929. The Kier molecular flexibility index (Phi) is 7.70. The highest BCUT2D eigenvalue weighted by atomic mass is 16.6. The largest absolute Gasteiger partial charge is 0.497 e. The molecule has 0 saturated carbocycles. The number of carbonyl (C=O) groups excluding carboxylic acids is 3. The third-order valence-corrected chi connectivity index (χ3v) is 5.19. The quantitative estimate of drug-likeness (QED) is 0.482. The van der Waals surface area contributed by atoms with Gasteiger partial charge in [-0.2, -0.15) is 0 Å². The summed E-state index contributed by atoms with van der Waals surface area (Å²) in [7, 11) is 1.58. The van der Waals surface area contributed by atoms with Crippen molar-refractivity contribution in [1.82, 2.24) is 4.90 Å². The van der Waals surface area contributed by atoms with E-state index >= 15 is 0 Å². The summed E-state index contributed by atoms with van der Waals surface area (Å²) in [6, 6.07) is 16.1. The standard InChI is InChI=1S/C24H27NO7/c1-16(26)31-22-14-25(24(28)30-15-19-7-5-4-6-8-19)21(23(22)32-17(2)27)13-18-9-11-20(29-3)12-10-18/h4-12,21-23H,13-15H2,1-3H3/t21-,22+,23+/m1/s1. The van der Waals surface area contributed by atoms with Crippen LogP contribution in [0.5, 0.6) is 5.75 Å². The van der Waals surface area contributed by atoms with E-state index in [4.69, 9.17) is 18.9 Å². The number of methoxy groups -OCH3 is 1. The Labute approximate surface area is 187 Å². The molecule has 32 heavy (non-hydrogen) atoms. The molecule has 3 atom stereocenters. The van der Waals surface area contributed by atoms with Gasteiger partial charge in [0.25, 0.3) is 0 Å². The zero-order valence-electron chi connectivity index (χ0n) is 18.4. The predicted octanol–water partition coefficient (Wildman–Crippen LogP) is 3.12. The molecule has 0 bridgehead atoms. The summed E-state index contributed by atoms with van der Waals surface area (Å²) < 4.78 is 21.6. The molecule has 0 N–H and O–H groups in total. The summed E-state index contributed by atoms with van der Waals surface area (Å²) in [5.41, 5.74) is 1.75. The molecule has 0 aliphatic carbocycles. The second-order valence-corrected chi connectivity index (χ2v) is 7.53. The molecule has 8 heteroatoms. The van der Waals surface area contributed by atoms with Crippen LogP contribution in [-0.2, 0) is 36.8 Å². The molecule has 2 aromatic carbocycles. The second-order valence-electron chi connectivity index (χ2n) is 7.53. The van der Waals surface area contributed by atoms with Gasteiger partial charge in [0.15, 0.2) is 12.2 Å². The van der Waals surface area contributed by atoms with Crippen LogP contribution in [-0.4, -0.2) is 54.8 Å². The average molecular weight is 441 g/mol. The Morgan fingerprint density at radius 3 is 2.16 bits per heavy atom. The van der Waals surface area contributed by atoms with E-state index in [1.54, 1.807) is 7.11 Å². The number of nitrogens with zero attached hydrogens (tertiary/aromatic N) is 1. The molecule has 8 nitrogen and oxygen atoms in total. The first-order valence-corrected chi connectivity index (χ1v) is 10.3. The SMILES string of the molecule is COc1ccc(C[C@@H]2[C@H](OC(C)=O)[C@@H](OC(C)=O)CN2C(=O)OCc2ccccc2)cc1. The van der Waals surface area contributed by atoms with Crippen LogP contribution in [0.4, 0.5) is 4.79 Å². The van der Waals surface area contributed by atoms with E-state index < -0.39 is 36.3 Å². The van der Waals surface area contributed by atoms with Crippen LogP contribution in [0.1, 0.15) is 25.0 Å². The molecule has 1 amide bonds. The van der Waals surface area contributed by atoms with Gasteiger partial charge in [0.1, 0.15) is 12.4 Å². The van der Waals surface area contributed by atoms with Gasteiger partial charge in [-0.05, 0) is 29.7 Å². The smallest absolute Gasteiger partial charge is 0.410 e. The summed E-state index contributed by atoms with van der Waals surface area (Å²) >= 11 is 0. The summed E-state index contributed by atoms with van der Waals surface area (Å²) in [6.07, 6.45) is -1.80. The molecule has 1 heterocycles. The van der Waals surface area contributed by atoms with Gasteiger partial charge in [-0.15, -0.1) is 0 Å². The zero-order valence-corrected chi connectivity index (χ0v) is 18.4. The maximum Gasteiger partial charge on any atom is 0.410 e. The van der Waals surface area contributed by atoms with Crippen LogP contribution in [0.2, 0.25) is 0 Å². The number of amides is 1. The van der Waals surface area contributed by atoms with Crippen LogP contribution in [0.15, 0.2) is 54.6 Å². The van der Waals surface area contributed by atoms with Gasteiger partial charge in [0, 0.05) is 13.8 Å². The molecule has 1 aliphatic rings. The highest BCUT2D eigenvalue weighted by Crippen LogP contribution is 2.29. The Hall–Kier alpha value is -3.55. The average Bonchev–Trinajstić information content (AvgIpc) is 3.09. The van der Waals surface area contributed by atoms with Crippen molar-refractivity contribution in [3.63, 3.8) is 0 Å². The minimum absolute atomic E-state index is 0.0615. The van der Waals surface area contributed by atoms with E-state index in [1.807, 2.05) is 54.6 Å². The van der Waals surface area contributed by atoms with Crippen molar-refractivity contribution in [2.24, 2.45) is 0 Å². The van der Waals surface area contributed by atoms with E-state index in [1.165, 1.54) is 18.7 Å². The molecule has 170 valence electrons. The number of esters is 2. The number of hydrogen-bond acceptors (Lipinski definition) is 7. The predicted molar refractivity (Wildman–Crippen MR) is 115 cm³/mol. The number of rotatable bonds is 7. The first kappa shape index (κ1) is 23.1. The fourth-order valence-corrected chi connectivity index (χ4v) is 3.76. The van der Waals surface area contributed by atoms with Gasteiger partial charge in [0.2, 0.25) is 0 Å². The Morgan fingerprint density at radius 1 is 0.906 bits per heavy atom. The maximum atomic E-state index is 13.0. The number of carbonyl (C=O) groups is 3. The number of hydrogen-bond donors (Lipinski definition) is 0. The second kappa shape index (κ2) is 10.7. The Balaban J connectivity index is 1.83. The van der Waals surface area contributed by atoms with Crippen molar-refractivity contribution in [3.8, 4) is 5.75 Å². The first-order chi connectivity index (χ1) is 15.4. The normalized spacial score (nSPS) is 19.8. The monoisotopic (exact) mass is 441 g/mol. The molecular formula is C24H27NO7. The minimum atomic E-state index is -0.817. The maximum absolute atomic E-state index is 13.0. The van der Waals surface area contributed by atoms with E-state index in [9.17, 15) is 14.4 Å². The third kappa shape index (κ3) is 6.00. The number of likely N-dealkylation sites (tertiary alicyclic amines) is 1. The summed E-state index contributed by atoms with van der Waals surface area (Å²) in [5.74, 6) is -0.338. The highest BCUT2D eigenvalue weighted by molar-refractivity contribution is 5.71. The van der Waals surface area contributed by atoms with Crippen LogP contribution in [0, 0.1) is 0 Å². The fourth-order valence-electron chi connectivity index (χ4n) is 3.76. The van der Waals surface area contributed by atoms with Gasteiger partial charge < -0.3 is 18.9 Å². The summed E-state index contributed by atoms with van der Waals surface area (Å²) in [4.78, 5) is 37.9. The summed E-state index contributed by atoms with van der Waals surface area (Å²) in [6.45, 7) is 2.72. The van der Waals surface area contributed by atoms with Crippen LogP contribution < -0.4 is 4.74 Å². The van der Waals surface area contributed by atoms with E-state index in [0.29, 0.717) is 12.2 Å². The van der Waals surface area contributed by atoms with E-state index in [2.05, 4.69) is 0 Å². The lowest BCUT2D eigenvalue weighted by Crippen LogP contribution is -2.43. The molecule has 0 unspecified atom stereocenters. The van der Waals surface area contributed by atoms with Crippen LogP contribution >= 0.6 is 0 Å². The first-order valence-electron chi connectivity index (χ1n) is 10.3. The van der Waals surface area contributed by atoms with Gasteiger partial charge in [-0.3, -0.25) is 14.5 Å². The third-order valence-electron chi connectivity index (χ3n) is 5.19. The molecule has 3 rings (SSSR count). The Morgan fingerprint density at radius 2 is 1.56 bits per heavy atom. The molecule has 2 aromatic rings. The fraction of sp³-hybridized carbons (Fsp3) is 0.375. The lowest BCUT2D eigenvalue weighted by Gasteiger charge is -2.27. The van der Waals surface area contributed by atoms with Gasteiger partial charge in [-0.25, -0.2) is 4.79 Å². The molecule has 0 aromatic heterocycles. The minimum Gasteiger partial charge on any atom is -0.497 e. The van der Waals surface area contributed by atoms with E-state index in [0.717, 1.165) is 11.1 Å². The van der Waals surface area contributed by atoms with Crippen molar-refractivity contribution in [1.29, 1.82) is 0 Å². The van der Waals surface area contributed by atoms with Crippen LogP contribution in [0.25, 0.3) is 0 Å².